The maximum absolute atomic E-state index is 13.9. The van der Waals surface area contributed by atoms with Crippen molar-refractivity contribution in [2.75, 3.05) is 10.2 Å². The van der Waals surface area contributed by atoms with Crippen LogP contribution in [-0.2, 0) is 9.59 Å². The van der Waals surface area contributed by atoms with Gasteiger partial charge in [0, 0.05) is 11.8 Å². The highest BCUT2D eigenvalue weighted by atomic mass is 19.2. The third-order valence-corrected chi connectivity index (χ3v) is 5.55. The second-order valence-electron chi connectivity index (χ2n) is 8.06. The summed E-state index contributed by atoms with van der Waals surface area (Å²) in [5, 5.41) is 3.15. The average Bonchev–Trinajstić information content (AvgIpc) is 2.97. The van der Waals surface area contributed by atoms with Crippen LogP contribution in [0.15, 0.2) is 60.3 Å². The molecule has 6 heteroatoms. The van der Waals surface area contributed by atoms with Crippen LogP contribution in [0.25, 0.3) is 5.57 Å². The quantitative estimate of drug-likeness (QED) is 0.547. The third-order valence-electron chi connectivity index (χ3n) is 5.55. The molecular weight excluding hydrogens is 410 g/mol. The predicted octanol–water partition coefficient (Wildman–Crippen LogP) is 5.60. The molecule has 0 fully saturated rings. The lowest BCUT2D eigenvalue weighted by atomic mass is 9.97. The Labute approximate surface area is 185 Å². The van der Waals surface area contributed by atoms with E-state index in [1.54, 1.807) is 6.07 Å². The number of hydrogen-bond acceptors (Lipinski definition) is 3. The maximum Gasteiger partial charge on any atom is 0.282 e. The van der Waals surface area contributed by atoms with Gasteiger partial charge < -0.3 is 5.32 Å². The number of nitrogens with zero attached hydrogens (tertiary/aromatic N) is 1. The zero-order chi connectivity index (χ0) is 23.2. The maximum atomic E-state index is 13.9. The van der Waals surface area contributed by atoms with Crippen molar-refractivity contribution in [2.45, 2.75) is 27.7 Å². The molecule has 3 aromatic carbocycles. The number of anilines is 2. The van der Waals surface area contributed by atoms with E-state index in [1.165, 1.54) is 6.07 Å². The summed E-state index contributed by atoms with van der Waals surface area (Å²) in [6, 6.07) is 14.3. The average molecular weight is 432 g/mol. The molecule has 0 aliphatic carbocycles. The van der Waals surface area contributed by atoms with Gasteiger partial charge in [0.25, 0.3) is 11.8 Å². The van der Waals surface area contributed by atoms with E-state index in [4.69, 9.17) is 0 Å². The Bertz CT molecular complexity index is 1310. The van der Waals surface area contributed by atoms with Crippen LogP contribution in [0.5, 0.6) is 0 Å². The number of amides is 2. The van der Waals surface area contributed by atoms with Crippen molar-refractivity contribution in [3.63, 3.8) is 0 Å². The lowest BCUT2D eigenvalue weighted by Crippen LogP contribution is -2.32. The molecule has 0 saturated carbocycles. The summed E-state index contributed by atoms with van der Waals surface area (Å²) in [5.74, 6) is -3.41. The van der Waals surface area contributed by atoms with E-state index in [9.17, 15) is 18.4 Å². The fraction of sp³-hybridized carbons (Fsp3) is 0.154. The van der Waals surface area contributed by atoms with Crippen LogP contribution in [-0.4, -0.2) is 11.8 Å². The summed E-state index contributed by atoms with van der Waals surface area (Å²) in [5.41, 5.74) is 5.29. The zero-order valence-corrected chi connectivity index (χ0v) is 18.2. The van der Waals surface area contributed by atoms with Gasteiger partial charge in [-0.1, -0.05) is 35.9 Å². The molecule has 0 unspecified atom stereocenters. The van der Waals surface area contributed by atoms with Gasteiger partial charge in [0.15, 0.2) is 11.6 Å². The molecule has 0 aromatic heterocycles. The van der Waals surface area contributed by atoms with Gasteiger partial charge in [0.1, 0.15) is 5.70 Å². The van der Waals surface area contributed by atoms with Crippen LogP contribution < -0.4 is 10.2 Å². The minimum atomic E-state index is -1.13. The fourth-order valence-corrected chi connectivity index (χ4v) is 3.85. The van der Waals surface area contributed by atoms with Crippen LogP contribution >= 0.6 is 0 Å². The molecule has 1 heterocycles. The fourth-order valence-electron chi connectivity index (χ4n) is 3.85. The number of halogens is 2. The molecule has 0 bridgehead atoms. The summed E-state index contributed by atoms with van der Waals surface area (Å²) in [6.45, 7) is 7.63. The normalized spacial score (nSPS) is 13.9. The molecule has 1 N–H and O–H groups in total. The van der Waals surface area contributed by atoms with Crippen molar-refractivity contribution >= 4 is 28.8 Å². The lowest BCUT2D eigenvalue weighted by molar-refractivity contribution is -0.120. The van der Waals surface area contributed by atoms with Gasteiger partial charge >= 0.3 is 0 Å². The Balaban J connectivity index is 1.89. The van der Waals surface area contributed by atoms with Gasteiger partial charge in [-0.05, 0) is 68.1 Å². The Hall–Kier alpha value is -3.80. The van der Waals surface area contributed by atoms with Gasteiger partial charge in [-0.25, -0.2) is 13.7 Å². The molecule has 32 heavy (non-hydrogen) atoms. The smallest absolute Gasteiger partial charge is 0.282 e. The first-order valence-corrected chi connectivity index (χ1v) is 10.2. The Morgan fingerprint density at radius 2 is 1.41 bits per heavy atom. The number of nitrogens with one attached hydrogen (secondary N) is 1. The molecule has 4 rings (SSSR count). The molecule has 1 aliphatic heterocycles. The number of hydrogen-bond donors (Lipinski definition) is 1. The first-order valence-electron chi connectivity index (χ1n) is 10.2. The van der Waals surface area contributed by atoms with E-state index in [1.807, 2.05) is 58.0 Å². The van der Waals surface area contributed by atoms with Crippen molar-refractivity contribution in [1.82, 2.24) is 0 Å². The summed E-state index contributed by atoms with van der Waals surface area (Å²) < 4.78 is 27.4. The summed E-state index contributed by atoms with van der Waals surface area (Å²) in [7, 11) is 0. The lowest BCUT2D eigenvalue weighted by Gasteiger charge is -2.16. The standard InChI is InChI=1S/C26H22F2N2O2/c1-14-6-9-19(17(4)11-14)23-24(29-22-12-15(2)5-7-16(22)3)26(32)30(25(23)31)18-8-10-20(27)21(28)13-18/h5-13,29H,1-4H3. The van der Waals surface area contributed by atoms with Crippen molar-refractivity contribution in [1.29, 1.82) is 0 Å². The number of imide groups is 1. The molecule has 1 aliphatic rings. The minimum absolute atomic E-state index is 0.0288. The molecule has 2 amide bonds. The van der Waals surface area contributed by atoms with Crippen LogP contribution in [0.3, 0.4) is 0 Å². The van der Waals surface area contributed by atoms with Gasteiger partial charge in [0.05, 0.1) is 11.3 Å². The summed E-state index contributed by atoms with van der Waals surface area (Å²) in [4.78, 5) is 27.8. The molecule has 0 spiro atoms. The van der Waals surface area contributed by atoms with E-state index in [0.717, 1.165) is 39.3 Å². The molecule has 0 saturated heterocycles. The predicted molar refractivity (Wildman–Crippen MR) is 121 cm³/mol. The van der Waals surface area contributed by atoms with Crippen molar-refractivity contribution in [3.05, 3.63) is 99.7 Å². The van der Waals surface area contributed by atoms with E-state index in [2.05, 4.69) is 5.32 Å². The number of carbonyl (C=O) groups excluding carboxylic acids is 2. The summed E-state index contributed by atoms with van der Waals surface area (Å²) >= 11 is 0. The molecule has 3 aromatic rings. The number of rotatable bonds is 4. The van der Waals surface area contributed by atoms with Gasteiger partial charge in [-0.3, -0.25) is 9.59 Å². The largest absolute Gasteiger partial charge is 0.350 e. The Morgan fingerprint density at radius 1 is 0.719 bits per heavy atom. The van der Waals surface area contributed by atoms with Gasteiger partial charge in [-0.2, -0.15) is 0 Å². The Kier molecular flexibility index (Phi) is 5.38. The first kappa shape index (κ1) is 21.4. The minimum Gasteiger partial charge on any atom is -0.350 e. The second-order valence-corrected chi connectivity index (χ2v) is 8.06. The van der Waals surface area contributed by atoms with Crippen LogP contribution in [0.2, 0.25) is 0 Å². The monoisotopic (exact) mass is 432 g/mol. The zero-order valence-electron chi connectivity index (χ0n) is 18.2. The summed E-state index contributed by atoms with van der Waals surface area (Å²) in [6.07, 6.45) is 0. The first-order chi connectivity index (χ1) is 15.2. The van der Waals surface area contributed by atoms with Crippen LogP contribution in [0, 0.1) is 39.3 Å². The van der Waals surface area contributed by atoms with E-state index < -0.39 is 23.4 Å². The number of benzene rings is 3. The second kappa shape index (κ2) is 8.04. The molecule has 4 nitrogen and oxygen atoms in total. The van der Waals surface area contributed by atoms with Gasteiger partial charge in [-0.15, -0.1) is 0 Å². The van der Waals surface area contributed by atoms with Crippen LogP contribution in [0.1, 0.15) is 27.8 Å². The highest BCUT2D eigenvalue weighted by molar-refractivity contribution is 6.46. The van der Waals surface area contributed by atoms with Crippen molar-refractivity contribution in [3.8, 4) is 0 Å². The van der Waals surface area contributed by atoms with Crippen LogP contribution in [0.4, 0.5) is 20.2 Å². The van der Waals surface area contributed by atoms with Crippen molar-refractivity contribution in [2.24, 2.45) is 0 Å². The number of aryl methyl sites for hydroxylation is 4. The van der Waals surface area contributed by atoms with E-state index in [-0.39, 0.29) is 17.0 Å². The number of carbonyl (C=O) groups is 2. The highest BCUT2D eigenvalue weighted by Crippen LogP contribution is 2.36. The molecule has 0 atom stereocenters. The topological polar surface area (TPSA) is 49.4 Å². The molecule has 162 valence electrons. The Morgan fingerprint density at radius 3 is 2.09 bits per heavy atom. The SMILES string of the molecule is Cc1ccc(C2=C(Nc3cc(C)ccc3C)C(=O)N(c3ccc(F)c(F)c3)C2=O)c(C)c1. The van der Waals surface area contributed by atoms with E-state index >= 15 is 0 Å². The van der Waals surface area contributed by atoms with Gasteiger partial charge in [0.2, 0.25) is 0 Å². The highest BCUT2D eigenvalue weighted by Gasteiger charge is 2.41. The third kappa shape index (κ3) is 3.68. The van der Waals surface area contributed by atoms with E-state index in [0.29, 0.717) is 11.3 Å². The van der Waals surface area contributed by atoms with Crippen molar-refractivity contribution < 1.29 is 18.4 Å². The molecule has 0 radical (unpaired) electrons. The molecular formula is C26H22F2N2O2.